The van der Waals surface area contributed by atoms with Crippen molar-refractivity contribution in [3.05, 3.63) is 44.4 Å². The third-order valence-corrected chi connectivity index (χ3v) is 2.68. The molecule has 0 amide bonds. The van der Waals surface area contributed by atoms with E-state index < -0.39 is 0 Å². The highest BCUT2D eigenvalue weighted by Gasteiger charge is 1.99. The van der Waals surface area contributed by atoms with Crippen LogP contribution in [0.2, 0.25) is 0 Å². The smallest absolute Gasteiger partial charge is 0.248 e. The number of aromatic amines is 1. The Morgan fingerprint density at radius 3 is 3.07 bits per heavy atom. The number of aromatic nitrogens is 1. The highest BCUT2D eigenvalue weighted by atomic mass is 127. The summed E-state index contributed by atoms with van der Waals surface area (Å²) in [5, 5.41) is 0. The summed E-state index contributed by atoms with van der Waals surface area (Å²) < 4.78 is 6.32. The molecule has 0 radical (unpaired) electrons. The molecular weight excluding hydrogens is 293 g/mol. The molecule has 1 aromatic heterocycles. The van der Waals surface area contributed by atoms with E-state index in [4.69, 9.17) is 4.74 Å². The molecule has 76 valence electrons. The Bertz CT molecular complexity index is 359. The minimum Gasteiger partial charge on any atom is -0.376 e. The van der Waals surface area contributed by atoms with Crippen LogP contribution < -0.4 is 5.56 Å². The maximum absolute atomic E-state index is 10.9. The fraction of sp³-hybridized carbons (Fsp3) is 0.300. The van der Waals surface area contributed by atoms with Crippen LogP contribution in [0.1, 0.15) is 12.0 Å². The molecule has 4 heteroatoms. The van der Waals surface area contributed by atoms with Crippen molar-refractivity contribution in [2.24, 2.45) is 0 Å². The van der Waals surface area contributed by atoms with Gasteiger partial charge in [-0.3, -0.25) is 4.79 Å². The molecule has 0 saturated carbocycles. The van der Waals surface area contributed by atoms with Gasteiger partial charge < -0.3 is 9.72 Å². The molecule has 1 aromatic rings. The van der Waals surface area contributed by atoms with Gasteiger partial charge in [-0.2, -0.15) is 0 Å². The highest BCUT2D eigenvalue weighted by molar-refractivity contribution is 14.1. The standard InChI is InChI=1S/C10H12INO2/c1-2-3-4-14-7-8-6-12-10(13)5-9(8)11/h2,5-6H,1,3-4,7H2,(H,12,13). The first-order chi connectivity index (χ1) is 6.74. The second-order valence-electron chi connectivity index (χ2n) is 2.80. The van der Waals surface area contributed by atoms with Gasteiger partial charge >= 0.3 is 0 Å². The number of pyridine rings is 1. The van der Waals surface area contributed by atoms with E-state index in [-0.39, 0.29) is 5.56 Å². The van der Waals surface area contributed by atoms with Gasteiger partial charge in [0, 0.05) is 21.4 Å². The zero-order chi connectivity index (χ0) is 10.4. The fourth-order valence-corrected chi connectivity index (χ4v) is 1.53. The van der Waals surface area contributed by atoms with Crippen LogP contribution in [-0.4, -0.2) is 11.6 Å². The molecule has 0 bridgehead atoms. The lowest BCUT2D eigenvalue weighted by Crippen LogP contribution is -2.07. The molecular formula is C10H12INO2. The van der Waals surface area contributed by atoms with E-state index >= 15 is 0 Å². The average molecular weight is 305 g/mol. The predicted molar refractivity (Wildman–Crippen MR) is 64.2 cm³/mol. The van der Waals surface area contributed by atoms with Crippen LogP contribution in [0.25, 0.3) is 0 Å². The van der Waals surface area contributed by atoms with Gasteiger partial charge in [-0.1, -0.05) is 6.08 Å². The van der Waals surface area contributed by atoms with Crippen molar-refractivity contribution in [1.29, 1.82) is 0 Å². The summed E-state index contributed by atoms with van der Waals surface area (Å²) in [6, 6.07) is 1.56. The van der Waals surface area contributed by atoms with Crippen molar-refractivity contribution in [3.63, 3.8) is 0 Å². The zero-order valence-electron chi connectivity index (χ0n) is 7.75. The minimum atomic E-state index is -0.0794. The van der Waals surface area contributed by atoms with Crippen molar-refractivity contribution >= 4 is 22.6 Å². The van der Waals surface area contributed by atoms with E-state index in [1.54, 1.807) is 12.3 Å². The number of hydrogen-bond donors (Lipinski definition) is 1. The quantitative estimate of drug-likeness (QED) is 0.514. The molecule has 0 aliphatic heterocycles. The fourth-order valence-electron chi connectivity index (χ4n) is 0.936. The third kappa shape index (κ3) is 3.63. The van der Waals surface area contributed by atoms with Gasteiger partial charge in [0.25, 0.3) is 0 Å². The monoisotopic (exact) mass is 305 g/mol. The Kier molecular flexibility index (Phi) is 4.89. The van der Waals surface area contributed by atoms with Crippen molar-refractivity contribution in [2.75, 3.05) is 6.61 Å². The van der Waals surface area contributed by atoms with E-state index in [0.717, 1.165) is 15.6 Å². The second kappa shape index (κ2) is 5.98. The van der Waals surface area contributed by atoms with Crippen LogP contribution in [0.15, 0.2) is 29.7 Å². The summed E-state index contributed by atoms with van der Waals surface area (Å²) >= 11 is 2.13. The van der Waals surface area contributed by atoms with Crippen molar-refractivity contribution in [3.8, 4) is 0 Å². The van der Waals surface area contributed by atoms with Crippen LogP contribution >= 0.6 is 22.6 Å². The molecule has 1 N–H and O–H groups in total. The molecule has 0 aliphatic rings. The lowest BCUT2D eigenvalue weighted by molar-refractivity contribution is 0.124. The molecule has 0 aliphatic carbocycles. The normalized spacial score (nSPS) is 10.1. The molecule has 0 spiro atoms. The van der Waals surface area contributed by atoms with Crippen LogP contribution in [0, 0.1) is 3.57 Å². The number of nitrogens with one attached hydrogen (secondary N) is 1. The summed E-state index contributed by atoms with van der Waals surface area (Å²) in [5.74, 6) is 0. The van der Waals surface area contributed by atoms with Gasteiger partial charge in [0.15, 0.2) is 0 Å². The summed E-state index contributed by atoms with van der Waals surface area (Å²) in [6.45, 7) is 4.80. The lowest BCUT2D eigenvalue weighted by Gasteiger charge is -2.04. The van der Waals surface area contributed by atoms with Gasteiger partial charge in [-0.15, -0.1) is 6.58 Å². The molecule has 0 atom stereocenters. The van der Waals surface area contributed by atoms with Crippen LogP contribution in [0.3, 0.4) is 0 Å². The maximum atomic E-state index is 10.9. The Balaban J connectivity index is 2.50. The number of rotatable bonds is 5. The van der Waals surface area contributed by atoms with Gasteiger partial charge in [-0.05, 0) is 29.0 Å². The molecule has 14 heavy (non-hydrogen) atoms. The van der Waals surface area contributed by atoms with Crippen LogP contribution in [0.5, 0.6) is 0 Å². The number of ether oxygens (including phenoxy) is 1. The van der Waals surface area contributed by atoms with Crippen molar-refractivity contribution in [2.45, 2.75) is 13.0 Å². The molecule has 1 rings (SSSR count). The first-order valence-corrected chi connectivity index (χ1v) is 5.37. The number of H-pyrrole nitrogens is 1. The molecule has 0 fully saturated rings. The SMILES string of the molecule is C=CCCOCc1c[nH]c(=O)cc1I. The summed E-state index contributed by atoms with van der Waals surface area (Å²) in [4.78, 5) is 13.5. The zero-order valence-corrected chi connectivity index (χ0v) is 9.91. The van der Waals surface area contributed by atoms with E-state index in [9.17, 15) is 4.79 Å². The molecule has 0 saturated heterocycles. The Morgan fingerprint density at radius 2 is 2.43 bits per heavy atom. The Labute approximate surface area is 96.3 Å². The largest absolute Gasteiger partial charge is 0.376 e. The molecule has 1 heterocycles. The minimum absolute atomic E-state index is 0.0794. The predicted octanol–water partition coefficient (Wildman–Crippen LogP) is 2.07. The maximum Gasteiger partial charge on any atom is 0.248 e. The first-order valence-electron chi connectivity index (χ1n) is 4.30. The van der Waals surface area contributed by atoms with E-state index in [0.29, 0.717) is 13.2 Å². The van der Waals surface area contributed by atoms with Crippen LogP contribution in [0.4, 0.5) is 0 Å². The van der Waals surface area contributed by atoms with Crippen LogP contribution in [-0.2, 0) is 11.3 Å². The van der Waals surface area contributed by atoms with Crippen molar-refractivity contribution < 1.29 is 4.74 Å². The third-order valence-electron chi connectivity index (χ3n) is 1.68. The summed E-state index contributed by atoms with van der Waals surface area (Å²) in [6.07, 6.45) is 4.36. The van der Waals surface area contributed by atoms with Crippen molar-refractivity contribution in [1.82, 2.24) is 4.98 Å². The topological polar surface area (TPSA) is 42.1 Å². The van der Waals surface area contributed by atoms with Gasteiger partial charge in [0.1, 0.15) is 0 Å². The summed E-state index contributed by atoms with van der Waals surface area (Å²) in [7, 11) is 0. The Hall–Kier alpha value is -0.620. The lowest BCUT2D eigenvalue weighted by atomic mass is 10.3. The van der Waals surface area contributed by atoms with Gasteiger partial charge in [-0.25, -0.2) is 0 Å². The first kappa shape index (κ1) is 11.5. The van der Waals surface area contributed by atoms with Gasteiger partial charge in [0.2, 0.25) is 5.56 Å². The average Bonchev–Trinajstić information content (AvgIpc) is 2.15. The Morgan fingerprint density at radius 1 is 1.64 bits per heavy atom. The second-order valence-corrected chi connectivity index (χ2v) is 3.96. The van der Waals surface area contributed by atoms with E-state index in [2.05, 4.69) is 34.2 Å². The molecule has 3 nitrogen and oxygen atoms in total. The number of hydrogen-bond acceptors (Lipinski definition) is 2. The number of halogens is 1. The van der Waals surface area contributed by atoms with E-state index in [1.807, 2.05) is 6.08 Å². The van der Waals surface area contributed by atoms with E-state index in [1.165, 1.54) is 0 Å². The molecule has 0 aromatic carbocycles. The summed E-state index contributed by atoms with van der Waals surface area (Å²) in [5.41, 5.74) is 0.929. The van der Waals surface area contributed by atoms with Gasteiger partial charge in [0.05, 0.1) is 13.2 Å². The highest BCUT2D eigenvalue weighted by Crippen LogP contribution is 2.09. The molecule has 0 unspecified atom stereocenters.